The van der Waals surface area contributed by atoms with Crippen LogP contribution >= 0.6 is 0 Å². The second-order valence-corrected chi connectivity index (χ2v) is 7.21. The highest BCUT2D eigenvalue weighted by molar-refractivity contribution is 6.19. The van der Waals surface area contributed by atoms with E-state index in [9.17, 15) is 14.4 Å². The maximum absolute atomic E-state index is 12.9. The van der Waals surface area contributed by atoms with E-state index in [1.54, 1.807) is 39.3 Å². The van der Waals surface area contributed by atoms with Gasteiger partial charge in [0.25, 0.3) is 17.8 Å². The fourth-order valence-electron chi connectivity index (χ4n) is 2.76. The summed E-state index contributed by atoms with van der Waals surface area (Å²) in [7, 11) is 1.55. The molecule has 128 valence electrons. The molecule has 8 heteroatoms. The molecule has 0 spiro atoms. The highest BCUT2D eigenvalue weighted by Gasteiger charge is 2.56. The molecule has 3 rings (SSSR count). The molecule has 0 bridgehead atoms. The zero-order chi connectivity index (χ0) is 18.0. The van der Waals surface area contributed by atoms with Gasteiger partial charge in [-0.05, 0) is 6.92 Å². The Bertz CT molecular complexity index is 800. The van der Waals surface area contributed by atoms with E-state index >= 15 is 0 Å². The summed E-state index contributed by atoms with van der Waals surface area (Å²) in [5.41, 5.74) is 0.135. The van der Waals surface area contributed by atoms with Crippen LogP contribution in [0.1, 0.15) is 38.3 Å². The van der Waals surface area contributed by atoms with E-state index in [4.69, 9.17) is 4.42 Å². The second-order valence-electron chi connectivity index (χ2n) is 7.21. The SMILES string of the molecule is Cc1oc2[n+](c1C)C1C(=O)N(CC(=O)C(C)(C)C)C(=O)N(C)C1=N2. The molecule has 1 fully saturated rings. The van der Waals surface area contributed by atoms with Crippen molar-refractivity contribution in [3.8, 4) is 0 Å². The van der Waals surface area contributed by atoms with Crippen LogP contribution in [0.2, 0.25) is 0 Å². The van der Waals surface area contributed by atoms with Gasteiger partial charge < -0.3 is 4.42 Å². The Labute approximate surface area is 139 Å². The van der Waals surface area contributed by atoms with Crippen LogP contribution in [0.4, 0.5) is 10.8 Å². The van der Waals surface area contributed by atoms with E-state index in [0.717, 1.165) is 10.6 Å². The number of urea groups is 1. The Hall–Kier alpha value is -2.51. The number of rotatable bonds is 2. The first-order valence-electron chi connectivity index (χ1n) is 7.76. The van der Waals surface area contributed by atoms with Crippen molar-refractivity contribution in [3.05, 3.63) is 11.5 Å². The minimum Gasteiger partial charge on any atom is -0.389 e. The van der Waals surface area contributed by atoms with E-state index < -0.39 is 23.4 Å². The molecule has 2 aliphatic heterocycles. The van der Waals surface area contributed by atoms with Gasteiger partial charge in [-0.1, -0.05) is 20.8 Å². The van der Waals surface area contributed by atoms with E-state index in [-0.39, 0.29) is 12.3 Å². The lowest BCUT2D eigenvalue weighted by Crippen LogP contribution is -2.64. The van der Waals surface area contributed by atoms with Crippen LogP contribution in [0, 0.1) is 19.3 Å². The van der Waals surface area contributed by atoms with Gasteiger partial charge in [-0.3, -0.25) is 19.4 Å². The maximum Gasteiger partial charge on any atom is 0.507 e. The highest BCUT2D eigenvalue weighted by atomic mass is 16.4. The van der Waals surface area contributed by atoms with Crippen molar-refractivity contribution in [3.63, 3.8) is 0 Å². The number of ketones is 1. The quantitative estimate of drug-likeness (QED) is 0.763. The summed E-state index contributed by atoms with van der Waals surface area (Å²) in [5, 5.41) is 0. The molecule has 3 amide bonds. The number of Topliss-reactive ketones (excluding diaryl/α,β-unsaturated/α-hetero) is 1. The lowest BCUT2D eigenvalue weighted by Gasteiger charge is -2.33. The molecule has 1 aromatic rings. The number of carbonyl (C=O) groups excluding carboxylic acids is 3. The van der Waals surface area contributed by atoms with Crippen LogP contribution in [0.25, 0.3) is 0 Å². The third kappa shape index (κ3) is 2.16. The fraction of sp³-hybridized carbons (Fsp3) is 0.562. The van der Waals surface area contributed by atoms with Crippen LogP contribution < -0.4 is 4.57 Å². The standard InChI is InChI=1S/C16H21N4O4/c1-8-9(2)24-14-17-12-11(20(8)14)13(22)19(15(23)18(12)6)7-10(21)16(3,4)5/h11H,7H2,1-6H3/q+1. The van der Waals surface area contributed by atoms with Gasteiger partial charge in [-0.2, -0.15) is 4.57 Å². The molecule has 0 aromatic carbocycles. The van der Waals surface area contributed by atoms with Gasteiger partial charge in [0.15, 0.2) is 11.5 Å². The Morgan fingerprint density at radius 2 is 1.92 bits per heavy atom. The molecule has 1 unspecified atom stereocenters. The van der Waals surface area contributed by atoms with Crippen LogP contribution in [0.3, 0.4) is 0 Å². The van der Waals surface area contributed by atoms with E-state index in [1.807, 2.05) is 6.92 Å². The number of hydrogen-bond acceptors (Lipinski definition) is 5. The number of amides is 3. The van der Waals surface area contributed by atoms with E-state index in [1.165, 1.54) is 4.90 Å². The largest absolute Gasteiger partial charge is 0.507 e. The molecular formula is C16H21N4O4+. The van der Waals surface area contributed by atoms with Crippen LogP contribution in [-0.2, 0) is 9.59 Å². The summed E-state index contributed by atoms with van der Waals surface area (Å²) < 4.78 is 7.22. The van der Waals surface area contributed by atoms with Gasteiger partial charge in [-0.15, -0.1) is 0 Å². The summed E-state index contributed by atoms with van der Waals surface area (Å²) in [6.07, 6.45) is 0. The van der Waals surface area contributed by atoms with E-state index in [2.05, 4.69) is 4.99 Å². The van der Waals surface area contributed by atoms with Gasteiger partial charge >= 0.3 is 12.0 Å². The Balaban J connectivity index is 2.01. The highest BCUT2D eigenvalue weighted by Crippen LogP contribution is 2.30. The fourth-order valence-corrected chi connectivity index (χ4v) is 2.76. The first-order valence-corrected chi connectivity index (χ1v) is 7.76. The molecule has 8 nitrogen and oxygen atoms in total. The lowest BCUT2D eigenvalue weighted by molar-refractivity contribution is -0.685. The number of aliphatic imine (C=N–C) groups is 1. The van der Waals surface area contributed by atoms with Gasteiger partial charge in [0.1, 0.15) is 5.69 Å². The first-order chi connectivity index (χ1) is 11.0. The summed E-state index contributed by atoms with van der Waals surface area (Å²) in [6, 6.07) is -1.03. The first kappa shape index (κ1) is 16.4. The average molecular weight is 333 g/mol. The van der Waals surface area contributed by atoms with E-state index in [0.29, 0.717) is 17.6 Å². The van der Waals surface area contributed by atoms with Gasteiger partial charge in [-0.25, -0.2) is 4.79 Å². The molecule has 24 heavy (non-hydrogen) atoms. The van der Waals surface area contributed by atoms with Crippen molar-refractivity contribution >= 4 is 29.6 Å². The third-order valence-electron chi connectivity index (χ3n) is 4.53. The van der Waals surface area contributed by atoms with Gasteiger partial charge in [0.2, 0.25) is 0 Å². The number of carbonyl (C=O) groups is 3. The third-order valence-corrected chi connectivity index (χ3v) is 4.53. The van der Waals surface area contributed by atoms with Crippen molar-refractivity contribution in [1.82, 2.24) is 9.80 Å². The van der Waals surface area contributed by atoms with Gasteiger partial charge in [0.05, 0.1) is 6.54 Å². The molecule has 2 aliphatic rings. The second kappa shape index (κ2) is 4.99. The summed E-state index contributed by atoms with van der Waals surface area (Å²) >= 11 is 0. The number of amidine groups is 1. The zero-order valence-electron chi connectivity index (χ0n) is 14.7. The molecule has 1 saturated heterocycles. The minimum atomic E-state index is -0.770. The molecule has 0 N–H and O–H groups in total. The molecule has 1 atom stereocenters. The number of aromatic nitrogens is 1. The van der Waals surface area contributed by atoms with Crippen molar-refractivity contribution in [2.45, 2.75) is 40.7 Å². The number of likely N-dealkylation sites (N-methyl/N-ethyl adjacent to an activating group) is 1. The zero-order valence-corrected chi connectivity index (χ0v) is 14.7. The number of imide groups is 1. The molecule has 1 aromatic heterocycles. The van der Waals surface area contributed by atoms with Crippen LogP contribution in [0.15, 0.2) is 9.41 Å². The lowest BCUT2D eigenvalue weighted by atomic mass is 9.90. The van der Waals surface area contributed by atoms with Crippen molar-refractivity contribution in [1.29, 1.82) is 0 Å². The molecule has 3 heterocycles. The average Bonchev–Trinajstić information content (AvgIpc) is 2.98. The summed E-state index contributed by atoms with van der Waals surface area (Å²) in [6.45, 7) is 8.65. The van der Waals surface area contributed by atoms with Crippen LogP contribution in [-0.4, -0.2) is 46.9 Å². The topological polar surface area (TPSA) is 87.1 Å². The van der Waals surface area contributed by atoms with Gasteiger partial charge in [0, 0.05) is 24.4 Å². The molecule has 0 aliphatic carbocycles. The maximum atomic E-state index is 12.9. The summed E-state index contributed by atoms with van der Waals surface area (Å²) in [5.74, 6) is 0.354. The number of hydrogen-bond donors (Lipinski definition) is 0. The number of fused-ring (bicyclic) bond motifs is 3. The molecule has 0 saturated carbocycles. The predicted molar refractivity (Wildman–Crippen MR) is 83.8 cm³/mol. The number of oxazole rings is 1. The Morgan fingerprint density at radius 3 is 2.50 bits per heavy atom. The number of nitrogens with zero attached hydrogens (tertiary/aromatic N) is 4. The number of aryl methyl sites for hydroxylation is 1. The Kier molecular flexibility index (Phi) is 3.40. The van der Waals surface area contributed by atoms with Crippen molar-refractivity contribution in [2.75, 3.05) is 13.6 Å². The minimum absolute atomic E-state index is 0.179. The Morgan fingerprint density at radius 1 is 1.29 bits per heavy atom. The summed E-state index contributed by atoms with van der Waals surface area (Å²) in [4.78, 5) is 44.4. The normalized spacial score (nSPS) is 20.2. The predicted octanol–water partition coefficient (Wildman–Crippen LogP) is 1.28. The molecule has 0 radical (unpaired) electrons. The smallest absolute Gasteiger partial charge is 0.389 e. The molecular weight excluding hydrogens is 312 g/mol. The van der Waals surface area contributed by atoms with Crippen LogP contribution in [0.5, 0.6) is 0 Å². The van der Waals surface area contributed by atoms with Crippen molar-refractivity contribution < 1.29 is 23.4 Å². The van der Waals surface area contributed by atoms with Crippen molar-refractivity contribution in [2.24, 2.45) is 10.4 Å². The monoisotopic (exact) mass is 333 g/mol.